The van der Waals surface area contributed by atoms with Crippen molar-refractivity contribution in [3.8, 4) is 5.69 Å². The quantitative estimate of drug-likeness (QED) is 0.897. The number of likely N-dealkylation sites (tertiary alicyclic amines) is 1. The zero-order valence-corrected chi connectivity index (χ0v) is 14.1. The number of hydrogen-bond donors (Lipinski definition) is 2. The van der Waals surface area contributed by atoms with E-state index in [0.29, 0.717) is 23.8 Å². The summed E-state index contributed by atoms with van der Waals surface area (Å²) in [6, 6.07) is 8.78. The molecule has 2 N–H and O–H groups in total. The number of anilines is 1. The summed E-state index contributed by atoms with van der Waals surface area (Å²) in [5, 5.41) is 6.37. The minimum atomic E-state index is -0.291. The fourth-order valence-corrected chi connectivity index (χ4v) is 2.99. The highest BCUT2D eigenvalue weighted by atomic mass is 35.5. The van der Waals surface area contributed by atoms with Crippen LogP contribution >= 0.6 is 11.6 Å². The number of rotatable bonds is 3. The largest absolute Gasteiger partial charge is 0.341 e. The van der Waals surface area contributed by atoms with Crippen LogP contribution in [0.1, 0.15) is 13.3 Å². The van der Waals surface area contributed by atoms with E-state index in [0.717, 1.165) is 12.1 Å². The van der Waals surface area contributed by atoms with Gasteiger partial charge in [-0.05, 0) is 36.8 Å². The Labute approximate surface area is 145 Å². The molecule has 3 rings (SSSR count). The van der Waals surface area contributed by atoms with Gasteiger partial charge in [-0.25, -0.2) is 4.79 Å². The van der Waals surface area contributed by atoms with Crippen LogP contribution < -0.4 is 10.6 Å². The molecule has 0 aliphatic carbocycles. The maximum atomic E-state index is 12.3. The summed E-state index contributed by atoms with van der Waals surface area (Å²) in [5.41, 5.74) is 1.45. The van der Waals surface area contributed by atoms with Gasteiger partial charge in [0, 0.05) is 43.5 Å². The topological polar surface area (TPSA) is 66.4 Å². The number of nitrogens with one attached hydrogen (secondary N) is 2. The molecule has 0 radical (unpaired) electrons. The van der Waals surface area contributed by atoms with Gasteiger partial charge >= 0.3 is 6.03 Å². The Hall–Kier alpha value is -2.47. The Kier molecular flexibility index (Phi) is 4.76. The third-order valence-corrected chi connectivity index (χ3v) is 4.29. The number of nitrogens with zero attached hydrogens (tertiary/aromatic N) is 2. The molecule has 1 saturated heterocycles. The van der Waals surface area contributed by atoms with Gasteiger partial charge in [-0.15, -0.1) is 0 Å². The number of urea groups is 1. The molecule has 2 aromatic rings. The molecule has 0 bridgehead atoms. The Morgan fingerprint density at radius 2 is 2.00 bits per heavy atom. The molecule has 1 fully saturated rings. The SMILES string of the molecule is CC(=O)N1CC[C@@H](NC(=O)Nc2ccc(Cl)cc2-n2cccc2)C1. The Bertz CT molecular complexity index is 745. The molecular formula is C17H19ClN4O2. The maximum Gasteiger partial charge on any atom is 0.319 e. The van der Waals surface area contributed by atoms with E-state index >= 15 is 0 Å². The van der Waals surface area contributed by atoms with Gasteiger partial charge in [0.1, 0.15) is 0 Å². The fourth-order valence-electron chi connectivity index (χ4n) is 2.83. The van der Waals surface area contributed by atoms with E-state index in [1.165, 1.54) is 0 Å². The molecule has 0 saturated carbocycles. The van der Waals surface area contributed by atoms with Crippen LogP contribution in [-0.2, 0) is 4.79 Å². The van der Waals surface area contributed by atoms with Crippen molar-refractivity contribution in [2.75, 3.05) is 18.4 Å². The molecule has 1 atom stereocenters. The summed E-state index contributed by atoms with van der Waals surface area (Å²) in [7, 11) is 0. The number of amides is 3. The summed E-state index contributed by atoms with van der Waals surface area (Å²) in [6.07, 6.45) is 4.53. The minimum Gasteiger partial charge on any atom is -0.341 e. The van der Waals surface area contributed by atoms with Crippen molar-refractivity contribution in [2.45, 2.75) is 19.4 Å². The number of hydrogen-bond acceptors (Lipinski definition) is 2. The second-order valence-electron chi connectivity index (χ2n) is 5.80. The lowest BCUT2D eigenvalue weighted by molar-refractivity contribution is -0.127. The van der Waals surface area contributed by atoms with Gasteiger partial charge in [0.05, 0.1) is 11.4 Å². The van der Waals surface area contributed by atoms with Crippen molar-refractivity contribution in [3.63, 3.8) is 0 Å². The average Bonchev–Trinajstić information content (AvgIpc) is 3.20. The van der Waals surface area contributed by atoms with Crippen molar-refractivity contribution in [1.82, 2.24) is 14.8 Å². The predicted molar refractivity (Wildman–Crippen MR) is 93.6 cm³/mol. The number of halogens is 1. The molecule has 6 nitrogen and oxygen atoms in total. The molecule has 2 heterocycles. The third kappa shape index (κ3) is 3.71. The van der Waals surface area contributed by atoms with Crippen LogP contribution in [-0.4, -0.2) is 40.5 Å². The number of carbonyl (C=O) groups excluding carboxylic acids is 2. The smallest absolute Gasteiger partial charge is 0.319 e. The highest BCUT2D eigenvalue weighted by Crippen LogP contribution is 2.24. The number of carbonyl (C=O) groups is 2. The van der Waals surface area contributed by atoms with Crippen LogP contribution in [0.15, 0.2) is 42.7 Å². The summed E-state index contributed by atoms with van der Waals surface area (Å²) < 4.78 is 1.88. The molecule has 7 heteroatoms. The van der Waals surface area contributed by atoms with Crippen molar-refractivity contribution < 1.29 is 9.59 Å². The van der Waals surface area contributed by atoms with Crippen LogP contribution in [0.2, 0.25) is 5.02 Å². The first kappa shape index (κ1) is 16.4. The van der Waals surface area contributed by atoms with Gasteiger partial charge in [-0.1, -0.05) is 11.6 Å². The fraction of sp³-hybridized carbons (Fsp3) is 0.294. The van der Waals surface area contributed by atoms with Crippen molar-refractivity contribution >= 4 is 29.2 Å². The highest BCUT2D eigenvalue weighted by Gasteiger charge is 2.25. The molecular weight excluding hydrogens is 328 g/mol. The highest BCUT2D eigenvalue weighted by molar-refractivity contribution is 6.30. The monoisotopic (exact) mass is 346 g/mol. The average molecular weight is 347 g/mol. The van der Waals surface area contributed by atoms with Crippen LogP contribution in [0.3, 0.4) is 0 Å². The zero-order chi connectivity index (χ0) is 17.1. The Morgan fingerprint density at radius 1 is 1.25 bits per heavy atom. The van der Waals surface area contributed by atoms with Gasteiger partial charge in [0.25, 0.3) is 0 Å². The van der Waals surface area contributed by atoms with Gasteiger partial charge in [0.2, 0.25) is 5.91 Å². The van der Waals surface area contributed by atoms with E-state index in [1.807, 2.05) is 29.1 Å². The van der Waals surface area contributed by atoms with E-state index in [4.69, 9.17) is 11.6 Å². The predicted octanol–water partition coefficient (Wildman–Crippen LogP) is 2.87. The van der Waals surface area contributed by atoms with E-state index < -0.39 is 0 Å². The summed E-state index contributed by atoms with van der Waals surface area (Å²) in [5.74, 6) is 0.0345. The first-order valence-corrected chi connectivity index (χ1v) is 8.16. The third-order valence-electron chi connectivity index (χ3n) is 4.06. The molecule has 1 aromatic heterocycles. The van der Waals surface area contributed by atoms with Gasteiger partial charge in [-0.3, -0.25) is 4.79 Å². The summed E-state index contributed by atoms with van der Waals surface area (Å²) in [4.78, 5) is 25.4. The zero-order valence-electron chi connectivity index (χ0n) is 13.3. The maximum absolute atomic E-state index is 12.3. The number of benzene rings is 1. The van der Waals surface area contributed by atoms with Crippen molar-refractivity contribution in [1.29, 1.82) is 0 Å². The van der Waals surface area contributed by atoms with Crippen molar-refractivity contribution in [2.24, 2.45) is 0 Å². The molecule has 1 aliphatic heterocycles. The van der Waals surface area contributed by atoms with Crippen LogP contribution in [0.5, 0.6) is 0 Å². The molecule has 3 amide bonds. The van der Waals surface area contributed by atoms with E-state index in [9.17, 15) is 9.59 Å². The minimum absolute atomic E-state index is 0.0313. The lowest BCUT2D eigenvalue weighted by Gasteiger charge is -2.17. The van der Waals surface area contributed by atoms with E-state index in [-0.39, 0.29) is 18.0 Å². The molecule has 1 aromatic carbocycles. The molecule has 1 aliphatic rings. The Morgan fingerprint density at radius 3 is 2.67 bits per heavy atom. The van der Waals surface area contributed by atoms with E-state index in [1.54, 1.807) is 30.0 Å². The lowest BCUT2D eigenvalue weighted by atomic mass is 10.2. The molecule has 0 spiro atoms. The van der Waals surface area contributed by atoms with Crippen LogP contribution in [0.4, 0.5) is 10.5 Å². The normalized spacial score (nSPS) is 16.9. The lowest BCUT2D eigenvalue weighted by Crippen LogP contribution is -2.40. The molecule has 0 unspecified atom stereocenters. The second-order valence-corrected chi connectivity index (χ2v) is 6.24. The second kappa shape index (κ2) is 6.97. The first-order valence-electron chi connectivity index (χ1n) is 7.79. The van der Waals surface area contributed by atoms with Gasteiger partial charge < -0.3 is 20.1 Å². The van der Waals surface area contributed by atoms with E-state index in [2.05, 4.69) is 10.6 Å². The first-order chi connectivity index (χ1) is 11.5. The number of aromatic nitrogens is 1. The summed E-state index contributed by atoms with van der Waals surface area (Å²) >= 11 is 6.07. The van der Waals surface area contributed by atoms with Gasteiger partial charge in [-0.2, -0.15) is 0 Å². The van der Waals surface area contributed by atoms with Crippen molar-refractivity contribution in [3.05, 3.63) is 47.7 Å². The van der Waals surface area contributed by atoms with Crippen LogP contribution in [0.25, 0.3) is 5.69 Å². The molecule has 24 heavy (non-hydrogen) atoms. The van der Waals surface area contributed by atoms with Gasteiger partial charge in [0.15, 0.2) is 0 Å². The Balaban J connectivity index is 1.68. The van der Waals surface area contributed by atoms with Crippen LogP contribution in [0, 0.1) is 0 Å². The molecule has 126 valence electrons. The standard InChI is InChI=1S/C17H19ClN4O2/c1-12(23)22-9-6-14(11-22)19-17(24)20-15-5-4-13(18)10-16(15)21-7-2-3-8-21/h2-5,7-8,10,14H,6,9,11H2,1H3,(H2,19,20,24)/t14-/m1/s1. The summed E-state index contributed by atoms with van der Waals surface area (Å²) in [6.45, 7) is 2.77.